The van der Waals surface area contributed by atoms with E-state index in [4.69, 9.17) is 0 Å². The highest BCUT2D eigenvalue weighted by Gasteiger charge is 2.10. The van der Waals surface area contributed by atoms with E-state index in [1.165, 1.54) is 17.4 Å². The topological polar surface area (TPSA) is 46.2 Å². The fraction of sp³-hybridized carbons (Fsp3) is 0.294. The van der Waals surface area contributed by atoms with Gasteiger partial charge < -0.3 is 5.32 Å². The Bertz CT molecular complexity index is 734. The minimum absolute atomic E-state index is 0.110. The van der Waals surface area contributed by atoms with Gasteiger partial charge in [-0.3, -0.25) is 0 Å². The van der Waals surface area contributed by atoms with Gasteiger partial charge in [0.25, 0.3) is 0 Å². The lowest BCUT2D eigenvalue weighted by Crippen LogP contribution is -2.08. The Balaban J connectivity index is 2.20. The summed E-state index contributed by atoms with van der Waals surface area (Å²) in [5, 5.41) is 3.48. The average molecular weight is 303 g/mol. The standard InChI is InChI=1S/C17H21NO2S/c1-12-5-6-13(2)17(11-12)18-14(3)15-7-9-16(10-8-15)21(4,19)20/h5-11,14,18H,1-4H3. The van der Waals surface area contributed by atoms with E-state index in [9.17, 15) is 8.42 Å². The third kappa shape index (κ3) is 3.85. The van der Waals surface area contributed by atoms with Crippen molar-refractivity contribution >= 4 is 15.5 Å². The van der Waals surface area contributed by atoms with Crippen molar-refractivity contribution in [3.63, 3.8) is 0 Å². The molecule has 0 saturated heterocycles. The number of benzene rings is 2. The molecular weight excluding hydrogens is 282 g/mol. The van der Waals surface area contributed by atoms with Crippen LogP contribution in [-0.2, 0) is 9.84 Å². The van der Waals surface area contributed by atoms with Gasteiger partial charge in [-0.25, -0.2) is 8.42 Å². The van der Waals surface area contributed by atoms with Gasteiger partial charge in [0, 0.05) is 18.0 Å². The molecular formula is C17H21NO2S. The monoisotopic (exact) mass is 303 g/mol. The summed E-state index contributed by atoms with van der Waals surface area (Å²) >= 11 is 0. The minimum atomic E-state index is -3.14. The van der Waals surface area contributed by atoms with Crippen LogP contribution in [0.15, 0.2) is 47.4 Å². The second-order valence-electron chi connectivity index (χ2n) is 5.53. The summed E-state index contributed by atoms with van der Waals surface area (Å²) in [7, 11) is -3.14. The van der Waals surface area contributed by atoms with Gasteiger partial charge in [0.1, 0.15) is 0 Å². The van der Waals surface area contributed by atoms with Gasteiger partial charge in [-0.15, -0.1) is 0 Å². The second kappa shape index (κ2) is 5.90. The first-order valence-corrected chi connectivity index (χ1v) is 8.80. The third-order valence-electron chi connectivity index (χ3n) is 3.57. The summed E-state index contributed by atoms with van der Waals surface area (Å²) in [6, 6.07) is 13.5. The fourth-order valence-corrected chi connectivity index (χ4v) is 2.84. The first-order valence-electron chi connectivity index (χ1n) is 6.91. The molecule has 2 rings (SSSR count). The normalized spacial score (nSPS) is 13.0. The zero-order valence-corrected chi connectivity index (χ0v) is 13.7. The Hall–Kier alpha value is -1.81. The van der Waals surface area contributed by atoms with E-state index in [-0.39, 0.29) is 6.04 Å². The molecule has 0 spiro atoms. The van der Waals surface area contributed by atoms with Gasteiger partial charge in [0.15, 0.2) is 9.84 Å². The Kier molecular flexibility index (Phi) is 4.37. The van der Waals surface area contributed by atoms with E-state index in [1.807, 2.05) is 12.1 Å². The van der Waals surface area contributed by atoms with Crippen molar-refractivity contribution in [1.29, 1.82) is 0 Å². The number of aryl methyl sites for hydroxylation is 2. The van der Waals surface area contributed by atoms with Gasteiger partial charge in [0.2, 0.25) is 0 Å². The summed E-state index contributed by atoms with van der Waals surface area (Å²) in [5.41, 5.74) is 4.57. The summed E-state index contributed by atoms with van der Waals surface area (Å²) in [4.78, 5) is 0.352. The van der Waals surface area contributed by atoms with Crippen molar-refractivity contribution in [2.75, 3.05) is 11.6 Å². The van der Waals surface area contributed by atoms with Crippen LogP contribution in [0.5, 0.6) is 0 Å². The molecule has 112 valence electrons. The van der Waals surface area contributed by atoms with Crippen LogP contribution in [0.25, 0.3) is 0 Å². The van der Waals surface area contributed by atoms with Crippen molar-refractivity contribution in [3.8, 4) is 0 Å². The van der Waals surface area contributed by atoms with Crippen LogP contribution in [0.2, 0.25) is 0 Å². The molecule has 0 heterocycles. The molecule has 0 aliphatic carbocycles. The average Bonchev–Trinajstić information content (AvgIpc) is 2.42. The molecule has 0 amide bonds. The van der Waals surface area contributed by atoms with Crippen molar-refractivity contribution in [3.05, 3.63) is 59.2 Å². The number of sulfone groups is 1. The van der Waals surface area contributed by atoms with Crippen molar-refractivity contribution < 1.29 is 8.42 Å². The number of nitrogens with one attached hydrogen (secondary N) is 1. The summed E-state index contributed by atoms with van der Waals surface area (Å²) in [6.45, 7) is 6.20. The molecule has 4 heteroatoms. The van der Waals surface area contributed by atoms with Gasteiger partial charge in [0.05, 0.1) is 4.90 Å². The number of hydrogen-bond donors (Lipinski definition) is 1. The zero-order chi connectivity index (χ0) is 15.6. The molecule has 1 unspecified atom stereocenters. The summed E-state index contributed by atoms with van der Waals surface area (Å²) in [5.74, 6) is 0. The largest absolute Gasteiger partial charge is 0.378 e. The van der Waals surface area contributed by atoms with Gasteiger partial charge >= 0.3 is 0 Å². The second-order valence-corrected chi connectivity index (χ2v) is 7.54. The Morgan fingerprint density at radius 2 is 1.62 bits per heavy atom. The lowest BCUT2D eigenvalue weighted by Gasteiger charge is -2.18. The number of hydrogen-bond acceptors (Lipinski definition) is 3. The fourth-order valence-electron chi connectivity index (χ4n) is 2.21. The quantitative estimate of drug-likeness (QED) is 0.932. The number of anilines is 1. The van der Waals surface area contributed by atoms with Crippen molar-refractivity contribution in [2.24, 2.45) is 0 Å². The molecule has 0 aromatic heterocycles. The lowest BCUT2D eigenvalue weighted by molar-refractivity contribution is 0.602. The van der Waals surface area contributed by atoms with E-state index in [2.05, 4.69) is 44.3 Å². The molecule has 1 atom stereocenters. The Morgan fingerprint density at radius 1 is 1.00 bits per heavy atom. The third-order valence-corrected chi connectivity index (χ3v) is 4.70. The first-order chi connectivity index (χ1) is 9.77. The van der Waals surface area contributed by atoms with E-state index in [0.29, 0.717) is 4.90 Å². The predicted octanol–water partition coefficient (Wildman–Crippen LogP) is 3.88. The molecule has 0 radical (unpaired) electrons. The lowest BCUT2D eigenvalue weighted by atomic mass is 10.1. The predicted molar refractivity (Wildman–Crippen MR) is 87.5 cm³/mol. The SMILES string of the molecule is Cc1ccc(C)c(NC(C)c2ccc(S(C)(=O)=O)cc2)c1. The molecule has 0 aliphatic rings. The summed E-state index contributed by atoms with van der Waals surface area (Å²) < 4.78 is 22.9. The molecule has 2 aromatic rings. The molecule has 0 bridgehead atoms. The molecule has 3 nitrogen and oxygen atoms in total. The van der Waals surface area contributed by atoms with Gasteiger partial charge in [-0.2, -0.15) is 0 Å². The van der Waals surface area contributed by atoms with E-state index in [0.717, 1.165) is 11.3 Å². The van der Waals surface area contributed by atoms with Crippen LogP contribution in [0.4, 0.5) is 5.69 Å². The number of rotatable bonds is 4. The van der Waals surface area contributed by atoms with Crippen molar-refractivity contribution in [1.82, 2.24) is 0 Å². The van der Waals surface area contributed by atoms with Crippen LogP contribution in [0.3, 0.4) is 0 Å². The molecule has 0 aliphatic heterocycles. The highest BCUT2D eigenvalue weighted by molar-refractivity contribution is 7.90. The highest BCUT2D eigenvalue weighted by Crippen LogP contribution is 2.24. The smallest absolute Gasteiger partial charge is 0.175 e. The molecule has 1 N–H and O–H groups in total. The van der Waals surface area contributed by atoms with Crippen LogP contribution in [0, 0.1) is 13.8 Å². The molecule has 0 fully saturated rings. The van der Waals surface area contributed by atoms with Gasteiger partial charge in [-0.05, 0) is 55.7 Å². The van der Waals surface area contributed by atoms with Gasteiger partial charge in [-0.1, -0.05) is 24.3 Å². The zero-order valence-electron chi connectivity index (χ0n) is 12.8. The molecule has 0 saturated carbocycles. The van der Waals surface area contributed by atoms with Crippen LogP contribution >= 0.6 is 0 Å². The van der Waals surface area contributed by atoms with Crippen LogP contribution in [-0.4, -0.2) is 14.7 Å². The van der Waals surface area contributed by atoms with Crippen LogP contribution in [0.1, 0.15) is 29.7 Å². The highest BCUT2D eigenvalue weighted by atomic mass is 32.2. The van der Waals surface area contributed by atoms with E-state index < -0.39 is 9.84 Å². The Morgan fingerprint density at radius 3 is 2.19 bits per heavy atom. The van der Waals surface area contributed by atoms with E-state index in [1.54, 1.807) is 12.1 Å². The minimum Gasteiger partial charge on any atom is -0.378 e. The van der Waals surface area contributed by atoms with Crippen molar-refractivity contribution in [2.45, 2.75) is 31.7 Å². The van der Waals surface area contributed by atoms with Crippen LogP contribution < -0.4 is 5.32 Å². The summed E-state index contributed by atoms with van der Waals surface area (Å²) in [6.07, 6.45) is 1.22. The maximum absolute atomic E-state index is 11.5. The molecule has 21 heavy (non-hydrogen) atoms. The Labute approximate surface area is 126 Å². The first kappa shape index (κ1) is 15.6. The maximum Gasteiger partial charge on any atom is 0.175 e. The van der Waals surface area contributed by atoms with E-state index >= 15 is 0 Å². The molecule has 2 aromatic carbocycles. The maximum atomic E-state index is 11.5.